The molecule has 0 bridgehead atoms. The van der Waals surface area contributed by atoms with E-state index in [9.17, 15) is 0 Å². The lowest BCUT2D eigenvalue weighted by molar-refractivity contribution is 1.27. The number of thioether (sulfide) groups is 1. The van der Waals surface area contributed by atoms with Gasteiger partial charge in [0.25, 0.3) is 0 Å². The summed E-state index contributed by atoms with van der Waals surface area (Å²) in [4.78, 5) is 4.35. The molecular formula is C10H10IN3S. The second kappa shape index (κ2) is 5.98. The van der Waals surface area contributed by atoms with Crippen molar-refractivity contribution in [2.45, 2.75) is 6.92 Å². The molecule has 0 atom stereocenters. The summed E-state index contributed by atoms with van der Waals surface area (Å²) in [5.74, 6) is 0. The van der Waals surface area contributed by atoms with E-state index in [1.54, 1.807) is 0 Å². The van der Waals surface area contributed by atoms with Gasteiger partial charge in [-0.25, -0.2) is 4.99 Å². The lowest BCUT2D eigenvalue weighted by Crippen LogP contribution is -2.12. The number of benzene rings is 1. The molecular weight excluding hydrogens is 321 g/mol. The van der Waals surface area contributed by atoms with Crippen LogP contribution in [-0.2, 0) is 0 Å². The van der Waals surface area contributed by atoms with Crippen LogP contribution in [0.15, 0.2) is 23.2 Å². The molecule has 1 N–H and O–H groups in total. The highest BCUT2D eigenvalue weighted by Gasteiger charge is 2.00. The van der Waals surface area contributed by atoms with Crippen molar-refractivity contribution in [2.75, 3.05) is 6.26 Å². The van der Waals surface area contributed by atoms with Crippen LogP contribution in [-0.4, -0.2) is 11.4 Å². The predicted molar refractivity (Wildman–Crippen MR) is 73.3 cm³/mol. The van der Waals surface area contributed by atoms with Gasteiger partial charge in [-0.05, 0) is 53.5 Å². The molecule has 0 radical (unpaired) electrons. The highest BCUT2D eigenvalue weighted by Crippen LogP contribution is 2.23. The Balaban J connectivity index is 3.01. The zero-order valence-corrected chi connectivity index (χ0v) is 11.4. The van der Waals surface area contributed by atoms with Crippen LogP contribution in [0.5, 0.6) is 0 Å². The van der Waals surface area contributed by atoms with Crippen LogP contribution in [0, 0.1) is 21.9 Å². The molecule has 0 saturated heterocycles. The molecule has 0 aliphatic rings. The summed E-state index contributed by atoms with van der Waals surface area (Å²) in [6.07, 6.45) is 3.74. The predicted octanol–water partition coefficient (Wildman–Crippen LogP) is 3.02. The molecule has 1 aromatic carbocycles. The quantitative estimate of drug-likeness (QED) is 0.283. The van der Waals surface area contributed by atoms with Gasteiger partial charge in [-0.1, -0.05) is 17.8 Å². The number of aliphatic imine (C=N–C) groups is 1. The number of aryl methyl sites for hydroxylation is 1. The summed E-state index contributed by atoms with van der Waals surface area (Å²) in [5, 5.41) is 11.7. The summed E-state index contributed by atoms with van der Waals surface area (Å²) in [5.41, 5.74) is 2.09. The second-order valence-corrected chi connectivity index (χ2v) is 4.77. The van der Waals surface area contributed by atoms with Crippen molar-refractivity contribution >= 4 is 45.2 Å². The van der Waals surface area contributed by atoms with E-state index in [0.29, 0.717) is 5.17 Å². The third-order valence-electron chi connectivity index (χ3n) is 1.68. The van der Waals surface area contributed by atoms with Crippen LogP contribution in [0.1, 0.15) is 5.56 Å². The summed E-state index contributed by atoms with van der Waals surface area (Å²) >= 11 is 3.65. The fourth-order valence-corrected chi connectivity index (χ4v) is 2.11. The number of halogens is 1. The molecule has 0 unspecified atom stereocenters. The Kier molecular flexibility index (Phi) is 4.91. The Morgan fingerprint density at radius 2 is 2.33 bits per heavy atom. The lowest BCUT2D eigenvalue weighted by atomic mass is 10.2. The molecule has 0 saturated carbocycles. The maximum absolute atomic E-state index is 8.50. The van der Waals surface area contributed by atoms with Crippen molar-refractivity contribution in [2.24, 2.45) is 4.99 Å². The summed E-state index contributed by atoms with van der Waals surface area (Å²) < 4.78 is 1.08. The molecule has 0 amide bonds. The van der Waals surface area contributed by atoms with Gasteiger partial charge in [0.05, 0.1) is 5.69 Å². The van der Waals surface area contributed by atoms with Crippen molar-refractivity contribution in [1.82, 2.24) is 5.32 Å². The van der Waals surface area contributed by atoms with Gasteiger partial charge >= 0.3 is 0 Å². The minimum absolute atomic E-state index is 0.610. The Hall–Kier alpha value is -0.740. The number of hydrogen-bond donors (Lipinski definition) is 1. The van der Waals surface area contributed by atoms with E-state index in [4.69, 9.17) is 5.26 Å². The molecule has 0 spiro atoms. The monoisotopic (exact) mass is 331 g/mol. The van der Waals surface area contributed by atoms with E-state index in [2.05, 4.69) is 39.0 Å². The van der Waals surface area contributed by atoms with E-state index in [-0.39, 0.29) is 0 Å². The highest BCUT2D eigenvalue weighted by molar-refractivity contribution is 14.1. The standard InChI is InChI=1S/C10H10IN3S/c1-7-3-4-9(8(11)5-7)14-10(15-2)13-6-12/h3-5H,1-2H3,(H,13,14). The first-order valence-corrected chi connectivity index (χ1v) is 6.51. The van der Waals surface area contributed by atoms with E-state index < -0.39 is 0 Å². The molecule has 3 nitrogen and oxygen atoms in total. The summed E-state index contributed by atoms with van der Waals surface area (Å²) in [6, 6.07) is 6.02. The molecule has 0 fully saturated rings. The molecule has 1 aromatic rings. The fraction of sp³-hybridized carbons (Fsp3) is 0.200. The fourth-order valence-electron chi connectivity index (χ4n) is 0.984. The van der Waals surface area contributed by atoms with Crippen LogP contribution in [0.25, 0.3) is 0 Å². The van der Waals surface area contributed by atoms with Crippen LogP contribution in [0.4, 0.5) is 5.69 Å². The van der Waals surface area contributed by atoms with Crippen molar-refractivity contribution in [1.29, 1.82) is 5.26 Å². The van der Waals surface area contributed by atoms with Crippen molar-refractivity contribution in [3.8, 4) is 6.19 Å². The van der Waals surface area contributed by atoms with Crippen molar-refractivity contribution in [3.05, 3.63) is 27.3 Å². The van der Waals surface area contributed by atoms with Gasteiger partial charge < -0.3 is 0 Å². The Morgan fingerprint density at radius 3 is 2.87 bits per heavy atom. The average Bonchev–Trinajstić information content (AvgIpc) is 2.21. The van der Waals surface area contributed by atoms with Gasteiger partial charge in [0, 0.05) is 3.57 Å². The van der Waals surface area contributed by atoms with Crippen LogP contribution >= 0.6 is 34.4 Å². The molecule has 0 aliphatic carbocycles. The van der Waals surface area contributed by atoms with Gasteiger partial charge in [-0.2, -0.15) is 5.26 Å². The normalized spacial score (nSPS) is 10.9. The van der Waals surface area contributed by atoms with Crippen molar-refractivity contribution < 1.29 is 0 Å². The third-order valence-corrected chi connectivity index (χ3v) is 3.13. The Labute approximate surface area is 107 Å². The molecule has 0 heterocycles. The Morgan fingerprint density at radius 1 is 1.60 bits per heavy atom. The number of nitriles is 1. The average molecular weight is 331 g/mol. The second-order valence-electron chi connectivity index (χ2n) is 2.81. The number of nitrogens with one attached hydrogen (secondary N) is 1. The summed E-state index contributed by atoms with van der Waals surface area (Å²) in [7, 11) is 0. The molecule has 5 heteroatoms. The van der Waals surface area contributed by atoms with E-state index in [0.717, 1.165) is 9.26 Å². The first kappa shape index (κ1) is 12.3. The molecule has 1 rings (SSSR count). The third kappa shape index (κ3) is 3.72. The molecule has 0 aliphatic heterocycles. The number of amidine groups is 1. The van der Waals surface area contributed by atoms with Gasteiger partial charge in [-0.15, -0.1) is 0 Å². The first-order chi connectivity index (χ1) is 7.17. The minimum Gasteiger partial charge on any atom is -0.271 e. The van der Waals surface area contributed by atoms with Gasteiger partial charge in [0.2, 0.25) is 0 Å². The van der Waals surface area contributed by atoms with Crippen LogP contribution in [0.2, 0.25) is 0 Å². The van der Waals surface area contributed by atoms with Crippen LogP contribution < -0.4 is 5.32 Å². The number of nitrogens with zero attached hydrogens (tertiary/aromatic N) is 2. The smallest absolute Gasteiger partial charge is 0.183 e. The number of hydrogen-bond acceptors (Lipinski definition) is 3. The van der Waals surface area contributed by atoms with Gasteiger partial charge in [0.15, 0.2) is 11.4 Å². The van der Waals surface area contributed by atoms with E-state index in [1.807, 2.05) is 31.5 Å². The SMILES string of the molecule is CSC(=Nc1ccc(C)cc1I)NC#N. The van der Waals surface area contributed by atoms with E-state index >= 15 is 0 Å². The van der Waals surface area contributed by atoms with Gasteiger partial charge in [-0.3, -0.25) is 5.32 Å². The van der Waals surface area contributed by atoms with Crippen molar-refractivity contribution in [3.63, 3.8) is 0 Å². The zero-order chi connectivity index (χ0) is 11.3. The Bertz CT molecular complexity index is 423. The zero-order valence-electron chi connectivity index (χ0n) is 8.41. The maximum Gasteiger partial charge on any atom is 0.183 e. The molecule has 0 aromatic heterocycles. The summed E-state index contributed by atoms with van der Waals surface area (Å²) in [6.45, 7) is 2.04. The minimum atomic E-state index is 0.610. The topological polar surface area (TPSA) is 48.2 Å². The largest absolute Gasteiger partial charge is 0.271 e. The van der Waals surface area contributed by atoms with E-state index in [1.165, 1.54) is 17.3 Å². The highest BCUT2D eigenvalue weighted by atomic mass is 127. The first-order valence-electron chi connectivity index (χ1n) is 4.21. The van der Waals surface area contributed by atoms with Crippen LogP contribution in [0.3, 0.4) is 0 Å². The number of rotatable bonds is 1. The van der Waals surface area contributed by atoms with Gasteiger partial charge in [0.1, 0.15) is 0 Å². The molecule has 78 valence electrons. The molecule has 15 heavy (non-hydrogen) atoms. The lowest BCUT2D eigenvalue weighted by Gasteiger charge is -2.02. The maximum atomic E-state index is 8.50.